The van der Waals surface area contributed by atoms with Crippen LogP contribution < -0.4 is 0 Å². The van der Waals surface area contributed by atoms with Gasteiger partial charge < -0.3 is 5.11 Å². The van der Waals surface area contributed by atoms with Crippen LogP contribution in [-0.4, -0.2) is 11.2 Å². The second-order valence-corrected chi connectivity index (χ2v) is 4.04. The topological polar surface area (TPSA) is 20.2 Å². The predicted molar refractivity (Wildman–Crippen MR) is 49.5 cm³/mol. The van der Waals surface area contributed by atoms with Gasteiger partial charge in [0.15, 0.2) is 0 Å². The molecule has 0 aliphatic carbocycles. The summed E-state index contributed by atoms with van der Waals surface area (Å²) < 4.78 is 0. The molecule has 0 aromatic heterocycles. The van der Waals surface area contributed by atoms with Gasteiger partial charge >= 0.3 is 0 Å². The van der Waals surface area contributed by atoms with Crippen molar-refractivity contribution in [2.75, 3.05) is 0 Å². The molecule has 0 radical (unpaired) electrons. The van der Waals surface area contributed by atoms with Crippen molar-refractivity contribution in [3.8, 4) is 0 Å². The molecule has 0 rings (SSSR count). The SMILES string of the molecule is CC(C)CCC[C@@H](C)[C@@H](C)O. The Morgan fingerprint density at radius 2 is 1.55 bits per heavy atom. The minimum absolute atomic E-state index is 0.137. The van der Waals surface area contributed by atoms with E-state index in [9.17, 15) is 5.11 Å². The van der Waals surface area contributed by atoms with Crippen LogP contribution in [-0.2, 0) is 0 Å². The zero-order valence-electron chi connectivity index (χ0n) is 8.30. The molecule has 0 saturated carbocycles. The predicted octanol–water partition coefficient (Wildman–Crippen LogP) is 2.83. The van der Waals surface area contributed by atoms with Crippen LogP contribution in [0, 0.1) is 11.8 Å². The normalized spacial score (nSPS) is 16.9. The van der Waals surface area contributed by atoms with E-state index in [0.717, 1.165) is 12.3 Å². The summed E-state index contributed by atoms with van der Waals surface area (Å²) in [5.41, 5.74) is 0. The number of rotatable bonds is 5. The average molecular weight is 158 g/mol. The van der Waals surface area contributed by atoms with Crippen molar-refractivity contribution >= 4 is 0 Å². The highest BCUT2D eigenvalue weighted by Crippen LogP contribution is 2.14. The van der Waals surface area contributed by atoms with Crippen molar-refractivity contribution in [1.82, 2.24) is 0 Å². The van der Waals surface area contributed by atoms with E-state index in [-0.39, 0.29) is 6.10 Å². The lowest BCUT2D eigenvalue weighted by Gasteiger charge is -2.14. The fourth-order valence-electron chi connectivity index (χ4n) is 1.09. The van der Waals surface area contributed by atoms with Gasteiger partial charge in [-0.1, -0.05) is 33.6 Å². The second kappa shape index (κ2) is 5.59. The molecule has 68 valence electrons. The van der Waals surface area contributed by atoms with Gasteiger partial charge in [-0.2, -0.15) is 0 Å². The van der Waals surface area contributed by atoms with Crippen molar-refractivity contribution < 1.29 is 5.11 Å². The van der Waals surface area contributed by atoms with Crippen LogP contribution >= 0.6 is 0 Å². The zero-order chi connectivity index (χ0) is 8.85. The van der Waals surface area contributed by atoms with Crippen LogP contribution in [0.1, 0.15) is 47.0 Å². The van der Waals surface area contributed by atoms with Gasteiger partial charge in [-0.25, -0.2) is 0 Å². The first-order valence-corrected chi connectivity index (χ1v) is 4.72. The summed E-state index contributed by atoms with van der Waals surface area (Å²) in [5, 5.41) is 9.19. The van der Waals surface area contributed by atoms with Gasteiger partial charge in [0, 0.05) is 0 Å². The molecule has 11 heavy (non-hydrogen) atoms. The monoisotopic (exact) mass is 158 g/mol. The third kappa shape index (κ3) is 6.36. The molecule has 0 spiro atoms. The Bertz CT molecular complexity index is 86.9. The van der Waals surface area contributed by atoms with Crippen LogP contribution in [0.25, 0.3) is 0 Å². The Hall–Kier alpha value is -0.0400. The third-order valence-electron chi connectivity index (χ3n) is 2.26. The van der Waals surface area contributed by atoms with Crippen molar-refractivity contribution in [2.45, 2.75) is 53.1 Å². The molecule has 0 aromatic rings. The first kappa shape index (κ1) is 11.0. The Morgan fingerprint density at radius 3 is 1.91 bits per heavy atom. The zero-order valence-corrected chi connectivity index (χ0v) is 8.30. The van der Waals surface area contributed by atoms with E-state index < -0.39 is 0 Å². The summed E-state index contributed by atoms with van der Waals surface area (Å²) in [6, 6.07) is 0. The average Bonchev–Trinajstić information content (AvgIpc) is 1.86. The fraction of sp³-hybridized carbons (Fsp3) is 1.00. The van der Waals surface area contributed by atoms with Crippen molar-refractivity contribution in [2.24, 2.45) is 11.8 Å². The highest BCUT2D eigenvalue weighted by Gasteiger charge is 2.07. The van der Waals surface area contributed by atoms with Gasteiger partial charge in [-0.15, -0.1) is 0 Å². The molecule has 2 atom stereocenters. The quantitative estimate of drug-likeness (QED) is 0.652. The molecular formula is C10H22O. The fourth-order valence-corrected chi connectivity index (χ4v) is 1.09. The summed E-state index contributed by atoms with van der Waals surface area (Å²) in [5.74, 6) is 1.27. The molecule has 0 unspecified atom stereocenters. The molecule has 0 amide bonds. The number of aliphatic hydroxyl groups excluding tert-OH is 1. The Balaban J connectivity index is 3.24. The first-order chi connectivity index (χ1) is 5.04. The van der Waals surface area contributed by atoms with Gasteiger partial charge in [0.25, 0.3) is 0 Å². The van der Waals surface area contributed by atoms with E-state index in [2.05, 4.69) is 20.8 Å². The van der Waals surface area contributed by atoms with E-state index in [1.165, 1.54) is 12.8 Å². The molecule has 0 fully saturated rings. The molecule has 0 saturated heterocycles. The van der Waals surface area contributed by atoms with Gasteiger partial charge in [-0.3, -0.25) is 0 Å². The largest absolute Gasteiger partial charge is 0.393 e. The van der Waals surface area contributed by atoms with Crippen LogP contribution in [0.3, 0.4) is 0 Å². The second-order valence-electron chi connectivity index (χ2n) is 4.04. The highest BCUT2D eigenvalue weighted by atomic mass is 16.3. The summed E-state index contributed by atoms with van der Waals surface area (Å²) in [6.45, 7) is 8.48. The molecule has 0 bridgehead atoms. The summed E-state index contributed by atoms with van der Waals surface area (Å²) in [6.07, 6.45) is 3.57. The minimum Gasteiger partial charge on any atom is -0.393 e. The van der Waals surface area contributed by atoms with E-state index in [1.54, 1.807) is 0 Å². The maximum Gasteiger partial charge on any atom is 0.0537 e. The number of aliphatic hydroxyl groups is 1. The number of hydrogen-bond acceptors (Lipinski definition) is 1. The maximum absolute atomic E-state index is 9.19. The molecule has 1 nitrogen and oxygen atoms in total. The molecular weight excluding hydrogens is 136 g/mol. The molecule has 1 heteroatoms. The molecule has 0 aromatic carbocycles. The van der Waals surface area contributed by atoms with Gasteiger partial charge in [0.05, 0.1) is 6.10 Å². The third-order valence-corrected chi connectivity index (χ3v) is 2.26. The van der Waals surface area contributed by atoms with E-state index in [0.29, 0.717) is 5.92 Å². The highest BCUT2D eigenvalue weighted by molar-refractivity contribution is 4.59. The lowest BCUT2D eigenvalue weighted by molar-refractivity contribution is 0.127. The Morgan fingerprint density at radius 1 is 1.00 bits per heavy atom. The van der Waals surface area contributed by atoms with Crippen molar-refractivity contribution in [1.29, 1.82) is 0 Å². The molecule has 0 aliphatic heterocycles. The van der Waals surface area contributed by atoms with Gasteiger partial charge in [-0.05, 0) is 25.2 Å². The van der Waals surface area contributed by atoms with E-state index in [4.69, 9.17) is 0 Å². The standard InChI is InChI=1S/C10H22O/c1-8(2)6-5-7-9(3)10(4)11/h8-11H,5-7H2,1-4H3/t9-,10-/m1/s1. The Kier molecular flexibility index (Phi) is 5.57. The van der Waals surface area contributed by atoms with Crippen LogP contribution in [0.15, 0.2) is 0 Å². The van der Waals surface area contributed by atoms with E-state index in [1.807, 2.05) is 6.92 Å². The minimum atomic E-state index is -0.137. The van der Waals surface area contributed by atoms with Gasteiger partial charge in [0.2, 0.25) is 0 Å². The van der Waals surface area contributed by atoms with Crippen molar-refractivity contribution in [3.63, 3.8) is 0 Å². The van der Waals surface area contributed by atoms with Crippen LogP contribution in [0.2, 0.25) is 0 Å². The van der Waals surface area contributed by atoms with Crippen LogP contribution in [0.5, 0.6) is 0 Å². The van der Waals surface area contributed by atoms with E-state index >= 15 is 0 Å². The summed E-state index contributed by atoms with van der Waals surface area (Å²) in [7, 11) is 0. The smallest absolute Gasteiger partial charge is 0.0537 e. The molecule has 0 aliphatic rings. The first-order valence-electron chi connectivity index (χ1n) is 4.72. The lowest BCUT2D eigenvalue weighted by Crippen LogP contribution is -2.12. The van der Waals surface area contributed by atoms with Crippen LogP contribution in [0.4, 0.5) is 0 Å². The summed E-state index contributed by atoms with van der Waals surface area (Å²) >= 11 is 0. The number of hydrogen-bond donors (Lipinski definition) is 1. The molecule has 0 heterocycles. The lowest BCUT2D eigenvalue weighted by atomic mass is 9.96. The van der Waals surface area contributed by atoms with Gasteiger partial charge in [0.1, 0.15) is 0 Å². The molecule has 1 N–H and O–H groups in total. The van der Waals surface area contributed by atoms with Crippen molar-refractivity contribution in [3.05, 3.63) is 0 Å². The maximum atomic E-state index is 9.19. The summed E-state index contributed by atoms with van der Waals surface area (Å²) in [4.78, 5) is 0. The Labute approximate surface area is 70.8 Å².